The minimum atomic E-state index is -4.24. The molecular formula is C27H28Cl2FN3O4S. The minimum Gasteiger partial charge on any atom is -0.354 e. The van der Waals surface area contributed by atoms with Crippen LogP contribution in [0.3, 0.4) is 0 Å². The molecule has 7 nitrogen and oxygen atoms in total. The Morgan fingerprint density at radius 3 is 2.24 bits per heavy atom. The number of carbonyl (C=O) groups excluding carboxylic acids is 2. The average Bonchev–Trinajstić information content (AvgIpc) is 2.89. The average molecular weight is 581 g/mol. The first kappa shape index (κ1) is 29.4. The molecule has 0 saturated carbocycles. The Morgan fingerprint density at radius 1 is 0.974 bits per heavy atom. The van der Waals surface area contributed by atoms with Crippen molar-refractivity contribution in [3.8, 4) is 0 Å². The van der Waals surface area contributed by atoms with E-state index in [9.17, 15) is 22.4 Å². The molecule has 3 rings (SSSR count). The predicted octanol–water partition coefficient (Wildman–Crippen LogP) is 5.27. The summed E-state index contributed by atoms with van der Waals surface area (Å²) in [5.41, 5.74) is 0.746. The molecule has 0 radical (unpaired) electrons. The van der Waals surface area contributed by atoms with Gasteiger partial charge in [-0.2, -0.15) is 0 Å². The molecule has 0 aliphatic heterocycles. The summed E-state index contributed by atoms with van der Waals surface area (Å²) in [6.07, 6.45) is 0.701. The molecule has 202 valence electrons. The molecule has 1 N–H and O–H groups in total. The quantitative estimate of drug-likeness (QED) is 0.335. The third kappa shape index (κ3) is 7.46. The molecule has 0 fully saturated rings. The molecule has 3 aromatic rings. The Hall–Kier alpha value is -3.14. The molecule has 0 aliphatic rings. The van der Waals surface area contributed by atoms with Crippen LogP contribution >= 0.6 is 23.2 Å². The van der Waals surface area contributed by atoms with Gasteiger partial charge in [-0.25, -0.2) is 12.8 Å². The molecule has 0 saturated heterocycles. The third-order valence-electron chi connectivity index (χ3n) is 5.76. The van der Waals surface area contributed by atoms with Crippen LogP contribution in [-0.4, -0.2) is 44.3 Å². The zero-order chi connectivity index (χ0) is 27.9. The summed E-state index contributed by atoms with van der Waals surface area (Å²) in [4.78, 5) is 27.8. The summed E-state index contributed by atoms with van der Waals surface area (Å²) >= 11 is 12.1. The Labute approximate surface area is 232 Å². The van der Waals surface area contributed by atoms with E-state index >= 15 is 0 Å². The van der Waals surface area contributed by atoms with Gasteiger partial charge >= 0.3 is 0 Å². The van der Waals surface area contributed by atoms with E-state index in [1.165, 1.54) is 65.6 Å². The smallest absolute Gasteiger partial charge is 0.264 e. The SMILES string of the molecule is CCCNC(=O)C(C)N(Cc1ccc(F)cc1)C(=O)CN(c1cccc(Cl)c1)S(=O)(=O)c1ccc(Cl)cc1. The lowest BCUT2D eigenvalue weighted by atomic mass is 10.1. The molecule has 1 atom stereocenters. The zero-order valence-electron chi connectivity index (χ0n) is 20.9. The first-order valence-electron chi connectivity index (χ1n) is 11.9. The number of anilines is 1. The highest BCUT2D eigenvalue weighted by Crippen LogP contribution is 2.27. The van der Waals surface area contributed by atoms with Crippen LogP contribution in [0.2, 0.25) is 10.0 Å². The Balaban J connectivity index is 2.01. The summed E-state index contributed by atoms with van der Waals surface area (Å²) in [7, 11) is -4.24. The normalized spacial score (nSPS) is 12.0. The fraction of sp³-hybridized carbons (Fsp3) is 0.259. The lowest BCUT2D eigenvalue weighted by Crippen LogP contribution is -2.51. The first-order chi connectivity index (χ1) is 18.0. The van der Waals surface area contributed by atoms with Gasteiger partial charge in [0.05, 0.1) is 10.6 Å². The molecule has 1 unspecified atom stereocenters. The van der Waals surface area contributed by atoms with Crippen molar-refractivity contribution < 1.29 is 22.4 Å². The van der Waals surface area contributed by atoms with Crippen LogP contribution in [0, 0.1) is 5.82 Å². The van der Waals surface area contributed by atoms with Gasteiger partial charge in [0.1, 0.15) is 18.4 Å². The fourth-order valence-corrected chi connectivity index (χ4v) is 5.38. The van der Waals surface area contributed by atoms with E-state index in [4.69, 9.17) is 23.2 Å². The highest BCUT2D eigenvalue weighted by Gasteiger charge is 2.32. The summed E-state index contributed by atoms with van der Waals surface area (Å²) < 4.78 is 41.8. The maximum atomic E-state index is 13.7. The van der Waals surface area contributed by atoms with Crippen molar-refractivity contribution in [1.29, 1.82) is 0 Å². The lowest BCUT2D eigenvalue weighted by molar-refractivity contribution is -0.139. The van der Waals surface area contributed by atoms with Gasteiger partial charge in [0, 0.05) is 23.1 Å². The van der Waals surface area contributed by atoms with Crippen molar-refractivity contribution in [3.63, 3.8) is 0 Å². The Morgan fingerprint density at radius 2 is 1.63 bits per heavy atom. The van der Waals surface area contributed by atoms with E-state index < -0.39 is 40.2 Å². The summed E-state index contributed by atoms with van der Waals surface area (Å²) in [6.45, 7) is 3.23. The number of carbonyl (C=O) groups is 2. The van der Waals surface area contributed by atoms with Gasteiger partial charge < -0.3 is 10.2 Å². The molecule has 0 heterocycles. The van der Waals surface area contributed by atoms with Crippen molar-refractivity contribution in [2.45, 2.75) is 37.8 Å². The summed E-state index contributed by atoms with van der Waals surface area (Å²) in [5.74, 6) is -1.47. The topological polar surface area (TPSA) is 86.8 Å². The number of rotatable bonds is 11. The number of halogens is 3. The minimum absolute atomic E-state index is 0.0375. The predicted molar refractivity (Wildman–Crippen MR) is 147 cm³/mol. The van der Waals surface area contributed by atoms with Gasteiger partial charge in [-0.15, -0.1) is 0 Å². The van der Waals surface area contributed by atoms with E-state index in [0.29, 0.717) is 23.6 Å². The number of nitrogens with one attached hydrogen (secondary N) is 1. The van der Waals surface area contributed by atoms with Crippen LogP contribution < -0.4 is 9.62 Å². The van der Waals surface area contributed by atoms with Crippen molar-refractivity contribution in [3.05, 3.63) is 94.2 Å². The van der Waals surface area contributed by atoms with Crippen LogP contribution in [0.15, 0.2) is 77.7 Å². The molecule has 0 bridgehead atoms. The summed E-state index contributed by atoms with van der Waals surface area (Å²) in [5, 5.41) is 3.39. The number of hydrogen-bond acceptors (Lipinski definition) is 4. The lowest BCUT2D eigenvalue weighted by Gasteiger charge is -2.32. The second-order valence-electron chi connectivity index (χ2n) is 8.56. The Kier molecular flexibility index (Phi) is 10.1. The fourth-order valence-electron chi connectivity index (χ4n) is 3.66. The van der Waals surface area contributed by atoms with Crippen molar-refractivity contribution >= 4 is 50.7 Å². The van der Waals surface area contributed by atoms with E-state index in [0.717, 1.165) is 4.31 Å². The van der Waals surface area contributed by atoms with Crippen molar-refractivity contribution in [2.24, 2.45) is 0 Å². The molecule has 0 spiro atoms. The zero-order valence-corrected chi connectivity index (χ0v) is 23.2. The molecule has 3 aromatic carbocycles. The maximum Gasteiger partial charge on any atom is 0.264 e. The van der Waals surface area contributed by atoms with E-state index in [1.54, 1.807) is 19.1 Å². The number of hydrogen-bond donors (Lipinski definition) is 1. The monoisotopic (exact) mass is 579 g/mol. The van der Waals surface area contributed by atoms with Gasteiger partial charge in [0.2, 0.25) is 11.8 Å². The van der Waals surface area contributed by atoms with Crippen LogP contribution in [0.4, 0.5) is 10.1 Å². The first-order valence-corrected chi connectivity index (χ1v) is 14.1. The van der Waals surface area contributed by atoms with Gasteiger partial charge in [-0.1, -0.05) is 48.3 Å². The van der Waals surface area contributed by atoms with E-state index in [-0.39, 0.29) is 22.2 Å². The van der Waals surface area contributed by atoms with Crippen LogP contribution in [0.1, 0.15) is 25.8 Å². The highest BCUT2D eigenvalue weighted by molar-refractivity contribution is 7.92. The third-order valence-corrected chi connectivity index (χ3v) is 8.03. The number of sulfonamides is 1. The van der Waals surface area contributed by atoms with Gasteiger partial charge in [-0.3, -0.25) is 13.9 Å². The second kappa shape index (κ2) is 13.1. The van der Waals surface area contributed by atoms with Crippen molar-refractivity contribution in [1.82, 2.24) is 10.2 Å². The molecule has 0 aromatic heterocycles. The second-order valence-corrected chi connectivity index (χ2v) is 11.3. The van der Waals surface area contributed by atoms with Crippen molar-refractivity contribution in [2.75, 3.05) is 17.4 Å². The molecule has 2 amide bonds. The molecule has 38 heavy (non-hydrogen) atoms. The molecular weight excluding hydrogens is 552 g/mol. The maximum absolute atomic E-state index is 13.7. The largest absolute Gasteiger partial charge is 0.354 e. The Bertz CT molecular complexity index is 1370. The summed E-state index contributed by atoms with van der Waals surface area (Å²) in [6, 6.07) is 16.3. The molecule has 0 aliphatic carbocycles. The van der Waals surface area contributed by atoms with Crippen LogP contribution in [0.25, 0.3) is 0 Å². The number of amides is 2. The molecule has 11 heteroatoms. The highest BCUT2D eigenvalue weighted by atomic mass is 35.5. The van der Waals surface area contributed by atoms with Gasteiger partial charge in [0.15, 0.2) is 0 Å². The van der Waals surface area contributed by atoms with Gasteiger partial charge in [0.25, 0.3) is 10.0 Å². The van der Waals surface area contributed by atoms with E-state index in [2.05, 4.69) is 5.32 Å². The van der Waals surface area contributed by atoms with Crippen LogP contribution in [-0.2, 0) is 26.2 Å². The van der Waals surface area contributed by atoms with Gasteiger partial charge in [-0.05, 0) is 73.5 Å². The standard InChI is InChI=1S/C27H28Cl2FN3O4S/c1-3-15-31-27(35)19(2)32(17-20-7-11-23(30)12-8-20)26(34)18-33(24-6-4-5-22(29)16-24)38(36,37)25-13-9-21(28)10-14-25/h4-14,16,19H,3,15,17-18H2,1-2H3,(H,31,35). The number of nitrogens with zero attached hydrogens (tertiary/aromatic N) is 2. The van der Waals surface area contributed by atoms with Crippen LogP contribution in [0.5, 0.6) is 0 Å². The van der Waals surface area contributed by atoms with E-state index in [1.807, 2.05) is 6.92 Å². The number of benzene rings is 3.